The van der Waals surface area contributed by atoms with E-state index in [9.17, 15) is 9.59 Å². The Balaban J connectivity index is 1.58. The van der Waals surface area contributed by atoms with E-state index in [2.05, 4.69) is 4.99 Å². The predicted molar refractivity (Wildman–Crippen MR) is 170 cm³/mol. The Labute approximate surface area is 258 Å². The lowest BCUT2D eigenvalue weighted by Gasteiger charge is -2.25. The van der Waals surface area contributed by atoms with Crippen LogP contribution in [-0.4, -0.2) is 38.3 Å². The minimum atomic E-state index is -0.675. The van der Waals surface area contributed by atoms with Crippen molar-refractivity contribution in [2.45, 2.75) is 26.5 Å². The average molecular weight is 618 g/mol. The lowest BCUT2D eigenvalue weighted by molar-refractivity contribution is -0.139. The first-order valence-electron chi connectivity index (χ1n) is 13.7. The van der Waals surface area contributed by atoms with Gasteiger partial charge in [0.05, 0.1) is 35.6 Å². The minimum absolute atomic E-state index is 0.215. The van der Waals surface area contributed by atoms with Crippen LogP contribution in [0.4, 0.5) is 5.69 Å². The van der Waals surface area contributed by atoms with Crippen LogP contribution in [0, 0.1) is 0 Å². The van der Waals surface area contributed by atoms with Gasteiger partial charge in [0.25, 0.3) is 5.56 Å². The van der Waals surface area contributed by atoms with Gasteiger partial charge < -0.3 is 19.1 Å². The van der Waals surface area contributed by atoms with Crippen LogP contribution in [0.3, 0.4) is 0 Å². The van der Waals surface area contributed by atoms with Crippen LogP contribution >= 0.6 is 22.9 Å². The summed E-state index contributed by atoms with van der Waals surface area (Å²) in [6.45, 7) is 4.00. The average Bonchev–Trinajstić information content (AvgIpc) is 3.29. The van der Waals surface area contributed by atoms with E-state index in [4.69, 9.17) is 25.8 Å². The van der Waals surface area contributed by atoms with Gasteiger partial charge in [0, 0.05) is 30.4 Å². The number of hydrogen-bond acceptors (Lipinski definition) is 8. The number of carbonyl (C=O) groups excluding carboxylic acids is 1. The highest BCUT2D eigenvalue weighted by atomic mass is 35.5. The second-order valence-corrected chi connectivity index (χ2v) is 11.6. The molecule has 8 nitrogen and oxygen atoms in total. The van der Waals surface area contributed by atoms with E-state index < -0.39 is 12.0 Å². The van der Waals surface area contributed by atoms with Crippen LogP contribution in [0.5, 0.6) is 11.5 Å². The number of fused-ring (bicyclic) bond motifs is 1. The van der Waals surface area contributed by atoms with Gasteiger partial charge in [-0.05, 0) is 73.5 Å². The van der Waals surface area contributed by atoms with Crippen molar-refractivity contribution in [3.63, 3.8) is 0 Å². The first-order chi connectivity index (χ1) is 20.7. The standard InChI is InChI=1S/C33H32ClN3O5S/c1-6-41-32(39)29-20(2)35-33-37(30(29)22-11-13-25(14-12-22)36(3)4)31(38)28(43-33)17-21-10-15-27(40-5)23(16-21)19-42-26-9-7-8-24(34)18-26/h7-18,30H,6,19H2,1-5H3. The third-order valence-electron chi connectivity index (χ3n) is 7.03. The summed E-state index contributed by atoms with van der Waals surface area (Å²) in [5, 5.41) is 0.585. The molecule has 0 fully saturated rings. The fraction of sp³-hybridized carbons (Fsp3) is 0.242. The molecule has 3 aromatic carbocycles. The third-order valence-corrected chi connectivity index (χ3v) is 8.25. The molecule has 5 rings (SSSR count). The smallest absolute Gasteiger partial charge is 0.338 e. The zero-order valence-electron chi connectivity index (χ0n) is 24.6. The molecule has 1 aliphatic rings. The zero-order valence-corrected chi connectivity index (χ0v) is 26.2. The number of halogens is 1. The molecule has 0 radical (unpaired) electrons. The molecule has 10 heteroatoms. The number of esters is 1. The van der Waals surface area contributed by atoms with Crippen LogP contribution in [0.25, 0.3) is 6.08 Å². The molecule has 2 heterocycles. The molecule has 0 bridgehead atoms. The van der Waals surface area contributed by atoms with Crippen LogP contribution in [0.1, 0.15) is 36.6 Å². The van der Waals surface area contributed by atoms with E-state index in [0.717, 1.165) is 22.4 Å². The van der Waals surface area contributed by atoms with Crippen molar-refractivity contribution in [2.24, 2.45) is 4.99 Å². The highest BCUT2D eigenvalue weighted by molar-refractivity contribution is 7.07. The number of anilines is 1. The second-order valence-electron chi connectivity index (χ2n) is 10.1. The van der Waals surface area contributed by atoms with Crippen molar-refractivity contribution in [2.75, 3.05) is 32.7 Å². The molecular weight excluding hydrogens is 586 g/mol. The first-order valence-corrected chi connectivity index (χ1v) is 14.9. The lowest BCUT2D eigenvalue weighted by atomic mass is 9.95. The molecule has 1 atom stereocenters. The van der Waals surface area contributed by atoms with E-state index >= 15 is 0 Å². The molecule has 0 spiro atoms. The van der Waals surface area contributed by atoms with Crippen molar-refractivity contribution < 1.29 is 19.0 Å². The fourth-order valence-corrected chi connectivity index (χ4v) is 6.16. The number of allylic oxidation sites excluding steroid dienone is 1. The van der Waals surface area contributed by atoms with Crippen molar-refractivity contribution in [3.05, 3.63) is 119 Å². The number of ether oxygens (including phenoxy) is 3. The van der Waals surface area contributed by atoms with E-state index in [1.165, 1.54) is 11.3 Å². The maximum Gasteiger partial charge on any atom is 0.338 e. The highest BCUT2D eigenvalue weighted by Gasteiger charge is 2.33. The summed E-state index contributed by atoms with van der Waals surface area (Å²) in [6, 6.07) is 20.0. The van der Waals surface area contributed by atoms with Crippen molar-refractivity contribution in [3.8, 4) is 11.5 Å². The number of benzene rings is 3. The molecule has 0 N–H and O–H groups in total. The molecule has 1 unspecified atom stereocenters. The molecule has 222 valence electrons. The molecule has 0 saturated carbocycles. The van der Waals surface area contributed by atoms with Gasteiger partial charge in [-0.3, -0.25) is 9.36 Å². The Morgan fingerprint density at radius 2 is 1.88 bits per heavy atom. The summed E-state index contributed by atoms with van der Waals surface area (Å²) in [5.41, 5.74) is 4.03. The van der Waals surface area contributed by atoms with Crippen LogP contribution in [0.15, 0.2) is 87.8 Å². The zero-order chi connectivity index (χ0) is 30.7. The highest BCUT2D eigenvalue weighted by Crippen LogP contribution is 2.32. The molecular formula is C33H32ClN3O5S. The number of methoxy groups -OCH3 is 1. The SMILES string of the molecule is CCOC(=O)C1=C(C)N=c2sc(=Cc3ccc(OC)c(COc4cccc(Cl)c4)c3)c(=O)n2C1c1ccc(N(C)C)cc1. The van der Waals surface area contributed by atoms with E-state index in [0.29, 0.717) is 37.1 Å². The summed E-state index contributed by atoms with van der Waals surface area (Å²) < 4.78 is 19.0. The molecule has 0 amide bonds. The van der Waals surface area contributed by atoms with Crippen LogP contribution < -0.4 is 29.3 Å². The summed E-state index contributed by atoms with van der Waals surface area (Å²) in [7, 11) is 5.52. The van der Waals surface area contributed by atoms with Crippen molar-refractivity contribution in [1.82, 2.24) is 4.57 Å². The normalized spacial score (nSPS) is 14.7. The number of hydrogen-bond donors (Lipinski definition) is 0. The number of thiazole rings is 1. The maximum absolute atomic E-state index is 14.0. The number of rotatable bonds is 9. The molecule has 1 aromatic heterocycles. The third kappa shape index (κ3) is 6.38. The van der Waals surface area contributed by atoms with Crippen LogP contribution in [0.2, 0.25) is 5.02 Å². The van der Waals surface area contributed by atoms with Gasteiger partial charge in [-0.15, -0.1) is 0 Å². The molecule has 43 heavy (non-hydrogen) atoms. The number of aromatic nitrogens is 1. The Hall–Kier alpha value is -4.34. The predicted octanol–water partition coefficient (Wildman–Crippen LogP) is 5.11. The van der Waals surface area contributed by atoms with Gasteiger partial charge in [-0.1, -0.05) is 47.2 Å². The topological polar surface area (TPSA) is 82.4 Å². The Kier molecular flexibility index (Phi) is 9.03. The summed E-state index contributed by atoms with van der Waals surface area (Å²) in [6.07, 6.45) is 1.82. The summed E-state index contributed by atoms with van der Waals surface area (Å²) >= 11 is 7.38. The first kappa shape index (κ1) is 30.1. The van der Waals surface area contributed by atoms with Gasteiger partial charge >= 0.3 is 5.97 Å². The van der Waals surface area contributed by atoms with Gasteiger partial charge in [0.2, 0.25) is 0 Å². The van der Waals surface area contributed by atoms with Gasteiger partial charge in [-0.25, -0.2) is 9.79 Å². The molecule has 0 aliphatic carbocycles. The molecule has 1 aliphatic heterocycles. The number of carbonyl (C=O) groups is 1. The lowest BCUT2D eigenvalue weighted by Crippen LogP contribution is -2.39. The summed E-state index contributed by atoms with van der Waals surface area (Å²) in [5.74, 6) is 0.815. The Morgan fingerprint density at radius 1 is 1.12 bits per heavy atom. The fourth-order valence-electron chi connectivity index (χ4n) is 4.93. The Bertz CT molecular complexity index is 1880. The Morgan fingerprint density at radius 3 is 2.56 bits per heavy atom. The van der Waals surface area contributed by atoms with Gasteiger partial charge in [-0.2, -0.15) is 0 Å². The second kappa shape index (κ2) is 12.9. The van der Waals surface area contributed by atoms with Gasteiger partial charge in [0.1, 0.15) is 18.1 Å². The van der Waals surface area contributed by atoms with Crippen molar-refractivity contribution in [1.29, 1.82) is 0 Å². The monoisotopic (exact) mass is 617 g/mol. The summed E-state index contributed by atoms with van der Waals surface area (Å²) in [4.78, 5) is 34.3. The van der Waals surface area contributed by atoms with E-state index in [1.54, 1.807) is 37.7 Å². The van der Waals surface area contributed by atoms with E-state index in [1.807, 2.05) is 79.7 Å². The molecule has 0 saturated heterocycles. The maximum atomic E-state index is 14.0. The van der Waals surface area contributed by atoms with Gasteiger partial charge in [0.15, 0.2) is 4.80 Å². The largest absolute Gasteiger partial charge is 0.496 e. The quantitative estimate of drug-likeness (QED) is 0.243. The van der Waals surface area contributed by atoms with E-state index in [-0.39, 0.29) is 18.8 Å². The van der Waals surface area contributed by atoms with Crippen LogP contribution in [-0.2, 0) is 16.1 Å². The minimum Gasteiger partial charge on any atom is -0.496 e. The van der Waals surface area contributed by atoms with Crippen molar-refractivity contribution >= 4 is 40.7 Å². The number of nitrogens with zero attached hydrogens (tertiary/aromatic N) is 3. The molecule has 4 aromatic rings.